The summed E-state index contributed by atoms with van der Waals surface area (Å²) in [6, 6.07) is 6.72. The Morgan fingerprint density at radius 3 is 2.73 bits per heavy atom. The number of nitriles is 1. The van der Waals surface area contributed by atoms with E-state index in [-0.39, 0.29) is 11.8 Å². The highest BCUT2D eigenvalue weighted by molar-refractivity contribution is 5.87. The minimum Gasteiger partial charge on any atom is -0.483 e. The van der Waals surface area contributed by atoms with Crippen molar-refractivity contribution in [3.63, 3.8) is 0 Å². The van der Waals surface area contributed by atoms with Gasteiger partial charge in [0, 0.05) is 55.7 Å². The molecule has 37 heavy (non-hydrogen) atoms. The molecule has 0 aromatic carbocycles. The molecule has 0 spiro atoms. The zero-order chi connectivity index (χ0) is 25.4. The van der Waals surface area contributed by atoms with Gasteiger partial charge in [-0.15, -0.1) is 0 Å². The number of hydrogen-bond donors (Lipinski definition) is 1. The first kappa shape index (κ1) is 23.7. The Labute approximate surface area is 216 Å². The van der Waals surface area contributed by atoms with Crippen LogP contribution in [-0.2, 0) is 16.1 Å². The van der Waals surface area contributed by atoms with Gasteiger partial charge >= 0.3 is 0 Å². The summed E-state index contributed by atoms with van der Waals surface area (Å²) in [5.74, 6) is 1.50. The number of ether oxygens (including phenoxy) is 2. The lowest BCUT2D eigenvalue weighted by Crippen LogP contribution is -2.61. The molecule has 3 saturated heterocycles. The minimum absolute atomic E-state index is 0.00666. The van der Waals surface area contributed by atoms with Crippen LogP contribution in [0.2, 0.25) is 0 Å². The number of pyridine rings is 2. The van der Waals surface area contributed by atoms with Gasteiger partial charge < -0.3 is 24.6 Å². The number of hydrogen-bond acceptors (Lipinski definition) is 9. The summed E-state index contributed by atoms with van der Waals surface area (Å²) in [6.07, 6.45) is 5.11. The largest absolute Gasteiger partial charge is 0.483 e. The van der Waals surface area contributed by atoms with Gasteiger partial charge in [0.2, 0.25) is 5.91 Å². The number of morpholine rings is 1. The summed E-state index contributed by atoms with van der Waals surface area (Å²) >= 11 is 0. The summed E-state index contributed by atoms with van der Waals surface area (Å²) in [6.45, 7) is 10.4. The Kier molecular flexibility index (Phi) is 6.40. The van der Waals surface area contributed by atoms with E-state index in [0.29, 0.717) is 37.3 Å². The van der Waals surface area contributed by atoms with Crippen molar-refractivity contribution in [3.05, 3.63) is 47.9 Å². The molecule has 4 aliphatic rings. The van der Waals surface area contributed by atoms with Crippen molar-refractivity contribution in [1.29, 1.82) is 5.26 Å². The minimum atomic E-state index is 0.00666. The number of carbonyl (C=O) groups excluding carboxylic acids is 1. The van der Waals surface area contributed by atoms with E-state index in [2.05, 4.69) is 32.7 Å². The van der Waals surface area contributed by atoms with Crippen LogP contribution in [0.3, 0.4) is 0 Å². The number of nitrogens with one attached hydrogen (secondary N) is 1. The SMILES string of the molecule is C=CC(=O)N1CC(N2CCC(c3cc4c(c(C#N)n3)OCc3c(N5CCOCC5)ccnc3N4)CC2)C1. The van der Waals surface area contributed by atoms with E-state index < -0.39 is 0 Å². The van der Waals surface area contributed by atoms with E-state index >= 15 is 0 Å². The molecule has 6 rings (SSSR count). The summed E-state index contributed by atoms with van der Waals surface area (Å²) in [5, 5.41) is 13.4. The maximum atomic E-state index is 11.8. The maximum absolute atomic E-state index is 11.8. The molecule has 0 bridgehead atoms. The van der Waals surface area contributed by atoms with E-state index in [1.54, 1.807) is 0 Å². The predicted molar refractivity (Wildman–Crippen MR) is 138 cm³/mol. The number of anilines is 3. The molecule has 10 nitrogen and oxygen atoms in total. The zero-order valence-electron chi connectivity index (χ0n) is 20.9. The second-order valence-electron chi connectivity index (χ2n) is 9.97. The second-order valence-corrected chi connectivity index (χ2v) is 9.97. The van der Waals surface area contributed by atoms with Crippen LogP contribution in [-0.4, -0.2) is 84.2 Å². The van der Waals surface area contributed by atoms with Crippen LogP contribution in [0, 0.1) is 11.3 Å². The van der Waals surface area contributed by atoms with Crippen LogP contribution in [0.1, 0.15) is 35.7 Å². The number of aromatic nitrogens is 2. The lowest BCUT2D eigenvalue weighted by Gasteiger charge is -2.47. The fourth-order valence-corrected chi connectivity index (χ4v) is 5.74. The van der Waals surface area contributed by atoms with Crippen molar-refractivity contribution in [2.75, 3.05) is 62.7 Å². The Bertz CT molecular complexity index is 1240. The number of nitrogens with zero attached hydrogens (tertiary/aromatic N) is 6. The standard InChI is InChI=1S/C27H31N7O3/c1-2-25(35)34-15-19(16-34)32-7-4-18(5-8-32)21-13-22-26(23(14-28)30-21)37-17-20-24(3-6-29-27(20)31-22)33-9-11-36-12-10-33/h2-3,6,13,18-19H,1,4-5,7-12,15-17H2,(H,29,31). The van der Waals surface area contributed by atoms with Crippen molar-refractivity contribution in [3.8, 4) is 11.8 Å². The number of amides is 1. The fourth-order valence-electron chi connectivity index (χ4n) is 5.74. The number of piperidine rings is 1. The van der Waals surface area contributed by atoms with Gasteiger partial charge in [0.05, 0.1) is 24.5 Å². The van der Waals surface area contributed by atoms with Gasteiger partial charge in [0.15, 0.2) is 11.4 Å². The van der Waals surface area contributed by atoms with Gasteiger partial charge in [-0.05, 0) is 44.1 Å². The van der Waals surface area contributed by atoms with Crippen LogP contribution in [0.4, 0.5) is 17.2 Å². The number of carbonyl (C=O) groups is 1. The van der Waals surface area contributed by atoms with E-state index in [9.17, 15) is 10.1 Å². The molecule has 0 atom stereocenters. The fraction of sp³-hybridized carbons (Fsp3) is 0.481. The quantitative estimate of drug-likeness (QED) is 0.632. The molecule has 0 unspecified atom stereocenters. The molecule has 2 aromatic rings. The third-order valence-electron chi connectivity index (χ3n) is 7.91. The van der Waals surface area contributed by atoms with E-state index in [4.69, 9.17) is 14.5 Å². The molecule has 6 heterocycles. The zero-order valence-corrected chi connectivity index (χ0v) is 20.9. The van der Waals surface area contributed by atoms with Crippen molar-refractivity contribution in [1.82, 2.24) is 19.8 Å². The summed E-state index contributed by atoms with van der Waals surface area (Å²) < 4.78 is 11.7. The third kappa shape index (κ3) is 4.49. The first-order valence-corrected chi connectivity index (χ1v) is 13.0. The van der Waals surface area contributed by atoms with Crippen LogP contribution >= 0.6 is 0 Å². The highest BCUT2D eigenvalue weighted by atomic mass is 16.5. The molecule has 1 amide bonds. The molecule has 2 aromatic heterocycles. The van der Waals surface area contributed by atoms with Crippen molar-refractivity contribution in [2.24, 2.45) is 0 Å². The van der Waals surface area contributed by atoms with Gasteiger partial charge in [-0.3, -0.25) is 9.69 Å². The molecule has 0 radical (unpaired) electrons. The van der Waals surface area contributed by atoms with Gasteiger partial charge in [-0.25, -0.2) is 9.97 Å². The highest BCUT2D eigenvalue weighted by Gasteiger charge is 2.36. The molecule has 0 saturated carbocycles. The Balaban J connectivity index is 1.19. The first-order chi connectivity index (χ1) is 18.1. The Morgan fingerprint density at radius 1 is 1.22 bits per heavy atom. The second kappa shape index (κ2) is 10.00. The van der Waals surface area contributed by atoms with E-state index in [1.165, 1.54) is 6.08 Å². The van der Waals surface area contributed by atoms with Crippen LogP contribution in [0.15, 0.2) is 31.0 Å². The van der Waals surface area contributed by atoms with Crippen LogP contribution in [0.25, 0.3) is 0 Å². The van der Waals surface area contributed by atoms with Gasteiger partial charge in [-0.2, -0.15) is 5.26 Å². The third-order valence-corrected chi connectivity index (χ3v) is 7.91. The monoisotopic (exact) mass is 501 g/mol. The maximum Gasteiger partial charge on any atom is 0.246 e. The molecule has 10 heteroatoms. The molecule has 4 aliphatic heterocycles. The summed E-state index contributed by atoms with van der Waals surface area (Å²) in [7, 11) is 0. The lowest BCUT2D eigenvalue weighted by molar-refractivity contribution is -0.133. The average Bonchev–Trinajstić information content (AvgIpc) is 3.11. The molecule has 192 valence electrons. The highest BCUT2D eigenvalue weighted by Crippen LogP contribution is 2.41. The van der Waals surface area contributed by atoms with Gasteiger partial charge in [0.1, 0.15) is 18.5 Å². The lowest BCUT2D eigenvalue weighted by atomic mass is 9.90. The summed E-state index contributed by atoms with van der Waals surface area (Å²) in [4.78, 5) is 27.7. The number of fused-ring (bicyclic) bond motifs is 2. The van der Waals surface area contributed by atoms with Crippen LogP contribution in [0.5, 0.6) is 5.75 Å². The predicted octanol–water partition coefficient (Wildman–Crippen LogP) is 2.40. The van der Waals surface area contributed by atoms with Crippen molar-refractivity contribution >= 4 is 23.1 Å². The van der Waals surface area contributed by atoms with E-state index in [1.807, 2.05) is 23.2 Å². The Hall–Kier alpha value is -3.68. The van der Waals surface area contributed by atoms with Crippen molar-refractivity contribution in [2.45, 2.75) is 31.4 Å². The summed E-state index contributed by atoms with van der Waals surface area (Å²) in [5.41, 5.74) is 4.02. The first-order valence-electron chi connectivity index (χ1n) is 13.0. The normalized spacial score (nSPS) is 20.4. The molecular weight excluding hydrogens is 470 g/mol. The molecular formula is C27H31N7O3. The molecule has 1 N–H and O–H groups in total. The Morgan fingerprint density at radius 2 is 2.00 bits per heavy atom. The smallest absolute Gasteiger partial charge is 0.246 e. The van der Waals surface area contributed by atoms with Gasteiger partial charge in [-0.1, -0.05) is 6.58 Å². The number of likely N-dealkylation sites (tertiary alicyclic amines) is 2. The molecule has 3 fully saturated rings. The van der Waals surface area contributed by atoms with E-state index in [0.717, 1.165) is 80.6 Å². The van der Waals surface area contributed by atoms with Crippen LogP contribution < -0.4 is 15.0 Å². The topological polar surface area (TPSA) is 107 Å². The molecule has 0 aliphatic carbocycles. The average molecular weight is 502 g/mol. The van der Waals surface area contributed by atoms with Crippen molar-refractivity contribution < 1.29 is 14.3 Å². The van der Waals surface area contributed by atoms with Gasteiger partial charge in [0.25, 0.3) is 0 Å². The number of rotatable bonds is 4.